The standard InChI is InChI=1S/C12H26N2.C2H6/c1-10(14)6-7-11(2,3)8-12(4,5)9-13;1-2/h14H,6-9,13H2,1-5H3;1-2H3. The molecule has 0 aromatic rings. The van der Waals surface area contributed by atoms with Crippen molar-refractivity contribution >= 4 is 5.71 Å². The Balaban J connectivity index is 0. The molecule has 0 radical (unpaired) electrons. The molecular weight excluding hydrogens is 196 g/mol. The van der Waals surface area contributed by atoms with Crippen LogP contribution in [-0.4, -0.2) is 12.3 Å². The molecule has 0 atom stereocenters. The van der Waals surface area contributed by atoms with E-state index >= 15 is 0 Å². The Kier molecular flexibility index (Phi) is 8.81. The summed E-state index contributed by atoms with van der Waals surface area (Å²) in [5, 5.41) is 7.43. The van der Waals surface area contributed by atoms with Crippen molar-refractivity contribution in [3.8, 4) is 0 Å². The number of rotatable bonds is 6. The molecule has 2 heteroatoms. The first kappa shape index (κ1) is 18.0. The fourth-order valence-corrected chi connectivity index (χ4v) is 1.98. The van der Waals surface area contributed by atoms with Crippen LogP contribution in [0.2, 0.25) is 0 Å². The number of hydrogen-bond donors (Lipinski definition) is 2. The molecule has 16 heavy (non-hydrogen) atoms. The highest BCUT2D eigenvalue weighted by Crippen LogP contribution is 2.36. The van der Waals surface area contributed by atoms with Crippen LogP contribution < -0.4 is 5.73 Å². The van der Waals surface area contributed by atoms with Gasteiger partial charge >= 0.3 is 0 Å². The molecule has 3 N–H and O–H groups in total. The minimum absolute atomic E-state index is 0.222. The van der Waals surface area contributed by atoms with Gasteiger partial charge in [0.15, 0.2) is 0 Å². The largest absolute Gasteiger partial charge is 0.330 e. The van der Waals surface area contributed by atoms with Gasteiger partial charge in [-0.05, 0) is 43.6 Å². The summed E-state index contributed by atoms with van der Waals surface area (Å²) in [5.41, 5.74) is 7.03. The molecular formula is C14H32N2. The maximum absolute atomic E-state index is 7.43. The van der Waals surface area contributed by atoms with E-state index in [0.717, 1.165) is 31.5 Å². The van der Waals surface area contributed by atoms with Gasteiger partial charge in [0, 0.05) is 5.71 Å². The third-order valence-corrected chi connectivity index (χ3v) is 2.69. The first-order valence-corrected chi connectivity index (χ1v) is 6.43. The third kappa shape index (κ3) is 10.2. The summed E-state index contributed by atoms with van der Waals surface area (Å²) in [7, 11) is 0. The Morgan fingerprint density at radius 2 is 1.50 bits per heavy atom. The van der Waals surface area contributed by atoms with Gasteiger partial charge in [0.1, 0.15) is 0 Å². The van der Waals surface area contributed by atoms with Crippen LogP contribution >= 0.6 is 0 Å². The van der Waals surface area contributed by atoms with Crippen molar-refractivity contribution in [1.29, 1.82) is 5.41 Å². The summed E-state index contributed by atoms with van der Waals surface area (Å²) in [4.78, 5) is 0. The first-order valence-electron chi connectivity index (χ1n) is 6.43. The molecule has 2 nitrogen and oxygen atoms in total. The molecule has 0 aliphatic rings. The second kappa shape index (κ2) is 7.83. The maximum atomic E-state index is 7.43. The Hall–Kier alpha value is -0.370. The molecule has 98 valence electrons. The lowest BCUT2D eigenvalue weighted by Crippen LogP contribution is -2.30. The van der Waals surface area contributed by atoms with E-state index in [2.05, 4.69) is 27.7 Å². The molecule has 0 aliphatic carbocycles. The maximum Gasteiger partial charge on any atom is 0.00584 e. The summed E-state index contributed by atoms with van der Waals surface area (Å²) >= 11 is 0. The lowest BCUT2D eigenvalue weighted by molar-refractivity contribution is 0.191. The van der Waals surface area contributed by atoms with E-state index in [1.54, 1.807) is 0 Å². The van der Waals surface area contributed by atoms with Crippen molar-refractivity contribution in [1.82, 2.24) is 0 Å². The quantitative estimate of drug-likeness (QED) is 0.657. The Bertz CT molecular complexity index is 193. The molecule has 0 aromatic heterocycles. The average molecular weight is 228 g/mol. The molecule has 0 aliphatic heterocycles. The van der Waals surface area contributed by atoms with Crippen LogP contribution in [0.5, 0.6) is 0 Å². The van der Waals surface area contributed by atoms with Crippen LogP contribution in [0, 0.1) is 16.2 Å². The highest BCUT2D eigenvalue weighted by molar-refractivity contribution is 5.78. The molecule has 0 saturated heterocycles. The van der Waals surface area contributed by atoms with E-state index in [4.69, 9.17) is 11.1 Å². The second-order valence-electron chi connectivity index (χ2n) is 5.99. The van der Waals surface area contributed by atoms with Gasteiger partial charge in [0.25, 0.3) is 0 Å². The van der Waals surface area contributed by atoms with Crippen LogP contribution in [0.25, 0.3) is 0 Å². The van der Waals surface area contributed by atoms with Gasteiger partial charge in [-0.25, -0.2) is 0 Å². The predicted octanol–water partition coefficient (Wildman–Crippen LogP) is 4.23. The molecule has 0 spiro atoms. The lowest BCUT2D eigenvalue weighted by atomic mass is 9.72. The monoisotopic (exact) mass is 228 g/mol. The topological polar surface area (TPSA) is 49.9 Å². The van der Waals surface area contributed by atoms with Gasteiger partial charge in [0.2, 0.25) is 0 Å². The van der Waals surface area contributed by atoms with E-state index in [9.17, 15) is 0 Å². The second-order valence-corrected chi connectivity index (χ2v) is 5.99. The average Bonchev–Trinajstić information content (AvgIpc) is 2.17. The van der Waals surface area contributed by atoms with E-state index in [0.29, 0.717) is 5.41 Å². The van der Waals surface area contributed by atoms with Crippen LogP contribution in [0.3, 0.4) is 0 Å². The van der Waals surface area contributed by atoms with Gasteiger partial charge in [0.05, 0.1) is 0 Å². The third-order valence-electron chi connectivity index (χ3n) is 2.69. The van der Waals surface area contributed by atoms with Crippen LogP contribution in [0.15, 0.2) is 0 Å². The lowest BCUT2D eigenvalue weighted by Gasteiger charge is -2.34. The number of hydrogen-bond acceptors (Lipinski definition) is 2. The first-order chi connectivity index (χ1) is 7.18. The number of nitrogens with one attached hydrogen (secondary N) is 1. The van der Waals surface area contributed by atoms with Crippen molar-refractivity contribution < 1.29 is 0 Å². The summed E-state index contributed by atoms with van der Waals surface area (Å²) in [6.07, 6.45) is 3.13. The summed E-state index contributed by atoms with van der Waals surface area (Å²) in [5.74, 6) is 0. The fraction of sp³-hybridized carbons (Fsp3) is 0.929. The Morgan fingerprint density at radius 3 is 1.81 bits per heavy atom. The fourth-order valence-electron chi connectivity index (χ4n) is 1.98. The van der Waals surface area contributed by atoms with Crippen molar-refractivity contribution in [2.75, 3.05) is 6.54 Å². The van der Waals surface area contributed by atoms with Gasteiger partial charge in [-0.2, -0.15) is 0 Å². The molecule has 0 saturated carbocycles. The summed E-state index contributed by atoms with van der Waals surface area (Å²) in [6, 6.07) is 0. The number of nitrogens with two attached hydrogens (primary N) is 1. The Labute approximate surface area is 103 Å². The van der Waals surface area contributed by atoms with E-state index in [1.165, 1.54) is 0 Å². The predicted molar refractivity (Wildman–Crippen MR) is 75.2 cm³/mol. The van der Waals surface area contributed by atoms with Gasteiger partial charge in [-0.15, -0.1) is 0 Å². The Morgan fingerprint density at radius 1 is 1.06 bits per heavy atom. The van der Waals surface area contributed by atoms with Gasteiger partial charge in [-0.1, -0.05) is 41.5 Å². The van der Waals surface area contributed by atoms with E-state index in [1.807, 2.05) is 20.8 Å². The van der Waals surface area contributed by atoms with Crippen molar-refractivity contribution in [2.24, 2.45) is 16.6 Å². The zero-order valence-electron chi connectivity index (χ0n) is 12.4. The summed E-state index contributed by atoms with van der Waals surface area (Å²) in [6.45, 7) is 15.6. The molecule has 0 aromatic carbocycles. The van der Waals surface area contributed by atoms with E-state index in [-0.39, 0.29) is 5.41 Å². The van der Waals surface area contributed by atoms with Crippen LogP contribution in [-0.2, 0) is 0 Å². The molecule has 0 unspecified atom stereocenters. The zero-order chi connectivity index (χ0) is 13.4. The molecule has 0 bridgehead atoms. The van der Waals surface area contributed by atoms with Crippen LogP contribution in [0.1, 0.15) is 67.7 Å². The van der Waals surface area contributed by atoms with Gasteiger partial charge < -0.3 is 11.1 Å². The minimum atomic E-state index is 0.222. The smallest absolute Gasteiger partial charge is 0.00584 e. The SMILES string of the molecule is CC.CC(=N)CCC(C)(C)CC(C)(C)CN. The minimum Gasteiger partial charge on any atom is -0.330 e. The molecule has 0 fully saturated rings. The van der Waals surface area contributed by atoms with Gasteiger partial charge in [-0.3, -0.25) is 0 Å². The highest BCUT2D eigenvalue weighted by Gasteiger charge is 2.27. The normalized spacial score (nSPS) is 11.8. The summed E-state index contributed by atoms with van der Waals surface area (Å²) < 4.78 is 0. The van der Waals surface area contributed by atoms with Crippen molar-refractivity contribution in [2.45, 2.75) is 67.7 Å². The molecule has 0 rings (SSSR count). The molecule has 0 heterocycles. The zero-order valence-corrected chi connectivity index (χ0v) is 12.4. The highest BCUT2D eigenvalue weighted by atomic mass is 14.6. The molecule has 0 amide bonds. The van der Waals surface area contributed by atoms with Crippen molar-refractivity contribution in [3.63, 3.8) is 0 Å². The van der Waals surface area contributed by atoms with Crippen molar-refractivity contribution in [3.05, 3.63) is 0 Å². The van der Waals surface area contributed by atoms with E-state index < -0.39 is 0 Å². The van der Waals surface area contributed by atoms with Crippen LogP contribution in [0.4, 0.5) is 0 Å².